The van der Waals surface area contributed by atoms with Crippen molar-refractivity contribution in [1.29, 1.82) is 0 Å². The molecule has 2 fully saturated rings. The van der Waals surface area contributed by atoms with Crippen molar-refractivity contribution in [2.75, 3.05) is 35.2 Å². The summed E-state index contributed by atoms with van der Waals surface area (Å²) in [5.74, 6) is 0.820. The van der Waals surface area contributed by atoms with Gasteiger partial charge >= 0.3 is 5.82 Å². The SMILES string of the molecule is [2H]C([2H])([2H])NC(=O)c1nnc(NC(=O)C2CC2)cc1Nc1cccc(-c2nc(C)[nH][n+]2C)c1C.[2H]C([2H])([2H])NC(=O)c1nnc(NC(=O)C2CC2)cc1Nc1cccc(-c2nc(C)n(C)n2)c1C. The third-order valence-corrected chi connectivity index (χ3v) is 10.2. The Labute approximate surface area is 365 Å². The molecule has 0 bridgehead atoms. The number of rotatable bonds is 12. The zero-order chi connectivity index (χ0) is 49.2. The molecule has 0 aliphatic heterocycles. The van der Waals surface area contributed by atoms with Gasteiger partial charge in [-0.05, 0) is 80.8 Å². The van der Waals surface area contributed by atoms with Gasteiger partial charge in [0.05, 0.1) is 16.9 Å². The van der Waals surface area contributed by atoms with Crippen LogP contribution < -0.4 is 36.6 Å². The molecule has 0 spiro atoms. The summed E-state index contributed by atoms with van der Waals surface area (Å²) >= 11 is 0. The summed E-state index contributed by atoms with van der Waals surface area (Å²) < 4.78 is 47.5. The van der Waals surface area contributed by atoms with Crippen molar-refractivity contribution < 1.29 is 32.1 Å². The lowest BCUT2D eigenvalue weighted by Gasteiger charge is -2.15. The number of aromatic amines is 1. The van der Waals surface area contributed by atoms with E-state index in [-0.39, 0.29) is 58.0 Å². The lowest BCUT2D eigenvalue weighted by Crippen LogP contribution is -2.32. The first-order valence-corrected chi connectivity index (χ1v) is 19.6. The minimum absolute atomic E-state index is 0.0475. The first-order chi connectivity index (χ1) is 32.0. The van der Waals surface area contributed by atoms with Gasteiger partial charge in [-0.2, -0.15) is 14.9 Å². The first-order valence-electron chi connectivity index (χ1n) is 22.6. The van der Waals surface area contributed by atoms with Crippen LogP contribution in [0.4, 0.5) is 34.4 Å². The number of nitrogens with one attached hydrogen (secondary N) is 7. The second-order valence-corrected chi connectivity index (χ2v) is 14.9. The Morgan fingerprint density at radius 2 is 1.21 bits per heavy atom. The average Bonchev–Trinajstić information content (AvgIpc) is 4.19. The highest BCUT2D eigenvalue weighted by atomic mass is 16.2. The molecule has 0 unspecified atom stereocenters. The van der Waals surface area contributed by atoms with Crippen LogP contribution in [0.3, 0.4) is 0 Å². The highest BCUT2D eigenvalue weighted by Gasteiger charge is 2.31. The average molecular weight is 848 g/mol. The molecular formula is C42H49N16O4+. The smallest absolute Gasteiger partial charge is 0.351 e. The van der Waals surface area contributed by atoms with Gasteiger partial charge in [-0.1, -0.05) is 18.2 Å². The van der Waals surface area contributed by atoms with Crippen LogP contribution >= 0.6 is 0 Å². The van der Waals surface area contributed by atoms with Crippen molar-refractivity contribution in [3.8, 4) is 22.8 Å². The standard InChI is InChI=1S/2C21H24N8O2/c1-11-14(19-23-12(2)29(4)28-19)6-5-7-15(11)24-16-10-17(25-20(30)13-8-9-13)26-27-18(16)21(31)22-3;1-11-14(19-23-12(2)28-29(19)4)6-5-7-15(11)24-16-10-17(25-20(30)13-8-9-13)26-27-18(16)21(31)22-3/h5-7,10,13H,8-9H2,1-4H3,(H,22,31)(H2,24,25,26,30);5-7,10,13H,8-9H2,1-4H3,(H3,22,24,25,26,30,31)/p+1/i2*3D3. The van der Waals surface area contributed by atoms with Gasteiger partial charge < -0.3 is 31.9 Å². The minimum Gasteiger partial charge on any atom is -0.354 e. The van der Waals surface area contributed by atoms with Crippen molar-refractivity contribution in [2.45, 2.75) is 53.4 Å². The molecular weight excluding hydrogens is 793 g/mol. The Morgan fingerprint density at radius 1 is 0.710 bits per heavy atom. The number of anilines is 6. The van der Waals surface area contributed by atoms with Gasteiger partial charge in [-0.3, -0.25) is 23.9 Å². The number of carbonyl (C=O) groups excluding carboxylic acids is 4. The quantitative estimate of drug-likeness (QED) is 0.0858. The summed E-state index contributed by atoms with van der Waals surface area (Å²) in [5.41, 5.74) is 4.50. The third-order valence-electron chi connectivity index (χ3n) is 10.2. The molecule has 62 heavy (non-hydrogen) atoms. The van der Waals surface area contributed by atoms with Crippen molar-refractivity contribution in [1.82, 2.24) is 55.9 Å². The molecule has 2 saturated carbocycles. The molecule has 4 aromatic heterocycles. The molecule has 4 heterocycles. The zero-order valence-corrected chi connectivity index (χ0v) is 34.8. The van der Waals surface area contributed by atoms with E-state index in [1.54, 1.807) is 22.5 Å². The second-order valence-electron chi connectivity index (χ2n) is 14.9. The van der Waals surface area contributed by atoms with Crippen LogP contribution in [0, 0.1) is 39.5 Å². The number of hydrogen-bond acceptors (Lipinski definition) is 13. The molecule has 0 radical (unpaired) electrons. The zero-order valence-electron chi connectivity index (χ0n) is 40.8. The topological polar surface area (TPSA) is 255 Å². The number of H-pyrrole nitrogens is 1. The Morgan fingerprint density at radius 3 is 1.65 bits per heavy atom. The molecule has 2 aliphatic rings. The molecule has 6 aromatic rings. The van der Waals surface area contributed by atoms with E-state index in [4.69, 9.17) is 8.22 Å². The molecule has 0 atom stereocenters. The van der Waals surface area contributed by atoms with Gasteiger partial charge in [-0.25, -0.2) is 4.98 Å². The molecule has 20 nitrogen and oxygen atoms in total. The van der Waals surface area contributed by atoms with E-state index < -0.39 is 25.8 Å². The van der Waals surface area contributed by atoms with Gasteiger partial charge in [0.1, 0.15) is 12.9 Å². The molecule has 2 aliphatic carbocycles. The number of aromatic nitrogens is 10. The van der Waals surface area contributed by atoms with E-state index in [0.29, 0.717) is 17.2 Å². The van der Waals surface area contributed by atoms with Crippen LogP contribution in [0.25, 0.3) is 22.8 Å². The highest BCUT2D eigenvalue weighted by Crippen LogP contribution is 2.34. The molecule has 2 aromatic carbocycles. The number of benzene rings is 2. The normalized spacial score (nSPS) is 14.9. The van der Waals surface area contributed by atoms with Crippen molar-refractivity contribution in [3.05, 3.63) is 82.7 Å². The predicted molar refractivity (Wildman–Crippen MR) is 231 cm³/mol. The van der Waals surface area contributed by atoms with E-state index in [2.05, 4.69) is 61.8 Å². The molecule has 4 amide bonds. The Balaban J connectivity index is 0.000000201. The molecule has 0 saturated heterocycles. The van der Waals surface area contributed by atoms with Gasteiger partial charge in [0.25, 0.3) is 11.8 Å². The number of aryl methyl sites for hydroxylation is 4. The lowest BCUT2D eigenvalue weighted by molar-refractivity contribution is -0.717. The van der Waals surface area contributed by atoms with E-state index in [1.807, 2.05) is 75.7 Å². The van der Waals surface area contributed by atoms with Gasteiger partial charge in [-0.15, -0.1) is 20.4 Å². The minimum atomic E-state index is -2.70. The molecule has 20 heteroatoms. The second kappa shape index (κ2) is 17.9. The third kappa shape index (κ3) is 9.53. The molecule has 320 valence electrons. The maximum Gasteiger partial charge on any atom is 0.351 e. The monoisotopic (exact) mass is 847 g/mol. The summed E-state index contributed by atoms with van der Waals surface area (Å²) in [6.45, 7) is 2.08. The number of hydrogen-bond donors (Lipinski definition) is 7. The lowest BCUT2D eigenvalue weighted by atomic mass is 10.1. The maximum atomic E-state index is 12.6. The fraction of sp³-hybridized carbons (Fsp3) is 0.333. The van der Waals surface area contributed by atoms with E-state index >= 15 is 0 Å². The highest BCUT2D eigenvalue weighted by molar-refractivity contribution is 6.01. The van der Waals surface area contributed by atoms with E-state index in [0.717, 1.165) is 65.4 Å². The van der Waals surface area contributed by atoms with E-state index in [1.165, 1.54) is 12.1 Å². The van der Waals surface area contributed by atoms with Crippen LogP contribution in [0.1, 0.15) is 77.7 Å². The Kier molecular flexibility index (Phi) is 10.2. The summed E-state index contributed by atoms with van der Waals surface area (Å²) in [6, 6.07) is 14.0. The maximum absolute atomic E-state index is 12.6. The molecule has 8 rings (SSSR count). The first kappa shape index (κ1) is 35.1. The predicted octanol–water partition coefficient (Wildman–Crippen LogP) is 4.10. The number of carbonyl (C=O) groups is 4. The van der Waals surface area contributed by atoms with Crippen LogP contribution in [-0.4, -0.2) is 82.8 Å². The van der Waals surface area contributed by atoms with Crippen LogP contribution in [0.2, 0.25) is 0 Å². The fourth-order valence-electron chi connectivity index (χ4n) is 6.39. The largest absolute Gasteiger partial charge is 0.354 e. The number of nitrogens with zero attached hydrogens (tertiary/aromatic N) is 9. The fourth-order valence-corrected chi connectivity index (χ4v) is 6.39. The summed E-state index contributed by atoms with van der Waals surface area (Å²) in [7, 11) is 3.66. The van der Waals surface area contributed by atoms with Crippen molar-refractivity contribution in [3.63, 3.8) is 0 Å². The Hall–Kier alpha value is -7.64. The summed E-state index contributed by atoms with van der Waals surface area (Å²) in [5, 5.41) is 38.7. The van der Waals surface area contributed by atoms with Crippen LogP contribution in [0.5, 0.6) is 0 Å². The van der Waals surface area contributed by atoms with Crippen molar-refractivity contribution in [2.24, 2.45) is 25.9 Å². The van der Waals surface area contributed by atoms with Crippen LogP contribution in [0.15, 0.2) is 48.5 Å². The van der Waals surface area contributed by atoms with Gasteiger partial charge in [0.15, 0.2) is 28.8 Å². The van der Waals surface area contributed by atoms with Crippen molar-refractivity contribution >= 4 is 58.0 Å². The van der Waals surface area contributed by atoms with Crippen LogP contribution in [-0.2, 0) is 23.7 Å². The Bertz CT molecular complexity index is 2910. The summed E-state index contributed by atoms with van der Waals surface area (Å²) in [4.78, 5) is 58.6. The van der Waals surface area contributed by atoms with E-state index in [9.17, 15) is 19.2 Å². The van der Waals surface area contributed by atoms with Gasteiger partial charge in [0.2, 0.25) is 17.6 Å². The van der Waals surface area contributed by atoms with Gasteiger partial charge in [0, 0.05) is 77.1 Å². The number of amides is 4. The summed E-state index contributed by atoms with van der Waals surface area (Å²) in [6.07, 6.45) is 3.27. The molecule has 7 N–H and O–H groups in total.